The summed E-state index contributed by atoms with van der Waals surface area (Å²) in [7, 11) is 0. The fraction of sp³-hybridized carbons (Fsp3) is 0.510. The molecule has 14 nitrogen and oxygen atoms in total. The van der Waals surface area contributed by atoms with Crippen molar-refractivity contribution >= 4 is 34.7 Å². The van der Waals surface area contributed by atoms with E-state index in [4.69, 9.17) is 34.2 Å². The zero-order valence-electron chi connectivity index (χ0n) is 37.6. The minimum Gasteiger partial charge on any atom is -0.494 e. The third kappa shape index (κ3) is 14.0. The second kappa shape index (κ2) is 25.4. The van der Waals surface area contributed by atoms with Crippen LogP contribution in [0, 0.1) is 12.8 Å². The van der Waals surface area contributed by atoms with Gasteiger partial charge in [0.05, 0.1) is 42.5 Å². The number of carbonyl (C=O) groups excluding carboxylic acids is 3. The lowest BCUT2D eigenvalue weighted by Crippen LogP contribution is -2.55. The van der Waals surface area contributed by atoms with Crippen LogP contribution >= 0.6 is 11.3 Å². The van der Waals surface area contributed by atoms with Crippen LogP contribution < -0.4 is 20.5 Å². The predicted molar refractivity (Wildman–Crippen MR) is 247 cm³/mol. The molecule has 1 aromatic heterocycles. The maximum Gasteiger partial charge on any atom is 0.255 e. The molecule has 15 heteroatoms. The number of nitrogens with zero attached hydrogens (tertiary/aromatic N) is 3. The first-order chi connectivity index (χ1) is 31.2. The van der Waals surface area contributed by atoms with Crippen molar-refractivity contribution < 1.29 is 42.8 Å². The largest absolute Gasteiger partial charge is 0.494 e. The lowest BCUT2D eigenvalue weighted by atomic mass is 10.0. The van der Waals surface area contributed by atoms with E-state index in [0.29, 0.717) is 110 Å². The molecule has 3 amide bonds. The average molecular weight is 900 g/mol. The summed E-state index contributed by atoms with van der Waals surface area (Å²) in [6, 6.07) is 19.6. The molecule has 64 heavy (non-hydrogen) atoms. The molecule has 1 unspecified atom stereocenters. The second-order valence-electron chi connectivity index (χ2n) is 16.4. The van der Waals surface area contributed by atoms with Crippen molar-refractivity contribution in [2.24, 2.45) is 5.92 Å². The SMILES string of the molecule is Cc1ncsc1-c1ccc(CNC(=O)[C@@H]2CCCN2C(=O)C(C(C)C)N2Cc3ccccc3C2=O)c(OCCCOCCCOCCOCCCOCCCOc2ccc(N)cc2)c1. The molecule has 0 bridgehead atoms. The number of nitrogen functional groups attached to an aromatic ring is 1. The molecule has 0 saturated carbocycles. The number of hydrogen-bond donors (Lipinski definition) is 2. The van der Waals surface area contributed by atoms with Crippen molar-refractivity contribution in [2.45, 2.75) is 84.5 Å². The smallest absolute Gasteiger partial charge is 0.255 e. The first-order valence-corrected chi connectivity index (χ1v) is 23.5. The van der Waals surface area contributed by atoms with Crippen molar-refractivity contribution in [2.75, 3.05) is 78.3 Å². The van der Waals surface area contributed by atoms with E-state index in [-0.39, 0.29) is 30.2 Å². The normalized spacial score (nSPS) is 15.2. The third-order valence-corrected chi connectivity index (χ3v) is 12.2. The quantitative estimate of drug-likeness (QED) is 0.0443. The summed E-state index contributed by atoms with van der Waals surface area (Å²) < 4.78 is 34.8. The highest BCUT2D eigenvalue weighted by Gasteiger charge is 2.43. The second-order valence-corrected chi connectivity index (χ2v) is 17.3. The Labute approximate surface area is 381 Å². The number of anilines is 1. The Kier molecular flexibility index (Phi) is 19.2. The van der Waals surface area contributed by atoms with E-state index in [9.17, 15) is 14.4 Å². The van der Waals surface area contributed by atoms with E-state index in [1.54, 1.807) is 21.1 Å². The fourth-order valence-electron chi connectivity index (χ4n) is 7.92. The van der Waals surface area contributed by atoms with E-state index in [0.717, 1.165) is 58.0 Å². The number of ether oxygens (including phenoxy) is 6. The van der Waals surface area contributed by atoms with Gasteiger partial charge in [-0.25, -0.2) is 4.98 Å². The standard InChI is InChI=1S/C49H65N5O9S/c1-35(2)45(54-33-39-11-4-5-12-42(39)48(54)56)49(57)53-20-6-13-43(53)47(55)51-32-38-15-14-37(46-36(3)52-34-64-46)31-44(38)63-28-10-26-59-22-8-24-61-30-29-60-23-7-21-58-25-9-27-62-41-18-16-40(50)17-19-41/h4-5,11-12,14-19,31,34-35,43,45H,6-10,13,20-30,32-33,50H2,1-3H3,(H,51,55)/t43-,45?/m0/s1. The maximum atomic E-state index is 14.2. The minimum atomic E-state index is -0.661. The molecule has 2 aliphatic rings. The summed E-state index contributed by atoms with van der Waals surface area (Å²) >= 11 is 1.57. The molecule has 3 aromatic carbocycles. The average Bonchev–Trinajstić information content (AvgIpc) is 4.05. The Hall–Kier alpha value is -5.06. The van der Waals surface area contributed by atoms with Gasteiger partial charge >= 0.3 is 0 Å². The zero-order chi connectivity index (χ0) is 45.1. The minimum absolute atomic E-state index is 0.126. The van der Waals surface area contributed by atoms with Gasteiger partial charge in [-0.15, -0.1) is 11.3 Å². The summed E-state index contributed by atoms with van der Waals surface area (Å²) in [5.41, 5.74) is 12.6. The predicted octanol–water partition coefficient (Wildman–Crippen LogP) is 7.07. The third-order valence-electron chi connectivity index (χ3n) is 11.2. The van der Waals surface area contributed by atoms with Crippen LogP contribution in [0.1, 0.15) is 79.6 Å². The molecule has 2 atom stereocenters. The highest BCUT2D eigenvalue weighted by atomic mass is 32.1. The number of likely N-dealkylation sites (tertiary alicyclic amines) is 1. The molecule has 3 N–H and O–H groups in total. The Morgan fingerprint density at radius 3 is 2.11 bits per heavy atom. The molecule has 0 spiro atoms. The Morgan fingerprint density at radius 2 is 1.47 bits per heavy atom. The fourth-order valence-corrected chi connectivity index (χ4v) is 8.72. The molecule has 2 aliphatic heterocycles. The number of hydrogen-bond acceptors (Lipinski definition) is 12. The molecule has 1 fully saturated rings. The number of benzene rings is 3. The van der Waals surface area contributed by atoms with Gasteiger partial charge in [0, 0.05) is 88.9 Å². The first-order valence-electron chi connectivity index (χ1n) is 22.6. The van der Waals surface area contributed by atoms with Crippen molar-refractivity contribution in [3.8, 4) is 21.9 Å². The monoisotopic (exact) mass is 899 g/mol. The summed E-state index contributed by atoms with van der Waals surface area (Å²) in [4.78, 5) is 50.2. The molecule has 3 heterocycles. The Balaban J connectivity index is 0.860. The van der Waals surface area contributed by atoms with Gasteiger partial charge in [-0.3, -0.25) is 14.4 Å². The number of fused-ring (bicyclic) bond motifs is 1. The van der Waals surface area contributed by atoms with Crippen molar-refractivity contribution in [1.29, 1.82) is 0 Å². The molecular weight excluding hydrogens is 835 g/mol. The van der Waals surface area contributed by atoms with Gasteiger partial charge in [0.25, 0.3) is 5.91 Å². The topological polar surface area (TPSA) is 164 Å². The molecule has 1 saturated heterocycles. The Bertz CT molecular complexity index is 2080. The molecular formula is C49H65N5O9S. The lowest BCUT2D eigenvalue weighted by Gasteiger charge is -2.35. The number of rotatable bonds is 28. The number of nitrogens with two attached hydrogens (primary N) is 1. The van der Waals surface area contributed by atoms with Gasteiger partial charge in [0.2, 0.25) is 11.8 Å². The number of nitrogens with one attached hydrogen (secondary N) is 1. The highest BCUT2D eigenvalue weighted by molar-refractivity contribution is 7.13. The number of carbonyl (C=O) groups is 3. The summed E-state index contributed by atoms with van der Waals surface area (Å²) in [6.07, 6.45) is 4.39. The van der Waals surface area contributed by atoms with Gasteiger partial charge in [0.15, 0.2) is 0 Å². The van der Waals surface area contributed by atoms with Crippen LogP contribution in [0.3, 0.4) is 0 Å². The van der Waals surface area contributed by atoms with Crippen LogP contribution in [0.4, 0.5) is 5.69 Å². The number of amides is 3. The van der Waals surface area contributed by atoms with Crippen LogP contribution in [-0.4, -0.2) is 117 Å². The van der Waals surface area contributed by atoms with Crippen LogP contribution in [0.15, 0.2) is 72.2 Å². The van der Waals surface area contributed by atoms with Gasteiger partial charge in [-0.2, -0.15) is 0 Å². The van der Waals surface area contributed by atoms with Gasteiger partial charge in [-0.1, -0.05) is 44.2 Å². The number of aryl methyl sites for hydroxylation is 1. The number of aromatic nitrogens is 1. The lowest BCUT2D eigenvalue weighted by molar-refractivity contribution is -0.143. The van der Waals surface area contributed by atoms with Crippen molar-refractivity contribution in [3.05, 3.63) is 94.6 Å². The van der Waals surface area contributed by atoms with E-state index in [1.807, 2.05) is 93.0 Å². The summed E-state index contributed by atoms with van der Waals surface area (Å²) in [5, 5.41) is 3.10. The van der Waals surface area contributed by atoms with E-state index in [1.165, 1.54) is 0 Å². The number of thiazole rings is 1. The van der Waals surface area contributed by atoms with E-state index < -0.39 is 12.1 Å². The van der Waals surface area contributed by atoms with E-state index in [2.05, 4.69) is 10.3 Å². The van der Waals surface area contributed by atoms with Gasteiger partial charge in [-0.05, 0) is 86.1 Å². The van der Waals surface area contributed by atoms with Crippen LogP contribution in [0.5, 0.6) is 11.5 Å². The maximum absolute atomic E-state index is 14.2. The molecule has 0 aliphatic carbocycles. The van der Waals surface area contributed by atoms with Gasteiger partial charge in [0.1, 0.15) is 23.6 Å². The molecule has 4 aromatic rings. The summed E-state index contributed by atoms with van der Waals surface area (Å²) in [5.74, 6) is 0.829. The Morgan fingerprint density at radius 1 is 0.828 bits per heavy atom. The van der Waals surface area contributed by atoms with Gasteiger partial charge < -0.3 is 49.3 Å². The summed E-state index contributed by atoms with van der Waals surface area (Å²) in [6.45, 7) is 12.7. The molecule has 6 rings (SSSR count). The zero-order valence-corrected chi connectivity index (χ0v) is 38.4. The molecule has 346 valence electrons. The molecule has 0 radical (unpaired) electrons. The van der Waals surface area contributed by atoms with E-state index >= 15 is 0 Å². The van der Waals surface area contributed by atoms with Crippen LogP contribution in [0.2, 0.25) is 0 Å². The first kappa shape index (κ1) is 48.4. The van der Waals surface area contributed by atoms with Crippen molar-refractivity contribution in [1.82, 2.24) is 20.1 Å². The van der Waals surface area contributed by atoms with Crippen LogP contribution in [-0.2, 0) is 41.6 Å². The van der Waals surface area contributed by atoms with Crippen LogP contribution in [0.25, 0.3) is 10.4 Å². The highest BCUT2D eigenvalue weighted by Crippen LogP contribution is 2.33. The van der Waals surface area contributed by atoms with Crippen molar-refractivity contribution in [3.63, 3.8) is 0 Å².